The summed E-state index contributed by atoms with van der Waals surface area (Å²) >= 11 is 2.96. The number of anilines is 1. The van der Waals surface area contributed by atoms with Crippen molar-refractivity contribution in [2.24, 2.45) is 0 Å². The molecule has 3 aromatic rings. The van der Waals surface area contributed by atoms with Crippen LogP contribution in [0.2, 0.25) is 0 Å². The van der Waals surface area contributed by atoms with Crippen LogP contribution in [-0.2, 0) is 0 Å². The first-order valence-electron chi connectivity index (χ1n) is 6.17. The largest absolute Gasteiger partial charge is 0.496 e. The van der Waals surface area contributed by atoms with Crippen molar-refractivity contribution < 1.29 is 4.74 Å². The molecular formula is C14H12N4OS2. The van der Waals surface area contributed by atoms with Gasteiger partial charge in [0.25, 0.3) is 0 Å². The van der Waals surface area contributed by atoms with E-state index in [-0.39, 0.29) is 0 Å². The lowest BCUT2D eigenvalue weighted by atomic mass is 10.1. The molecule has 0 saturated carbocycles. The number of fused-ring (bicyclic) bond motifs is 1. The zero-order valence-electron chi connectivity index (χ0n) is 11.4. The Bertz CT molecular complexity index is 831. The van der Waals surface area contributed by atoms with Gasteiger partial charge in [-0.15, -0.1) is 0 Å². The van der Waals surface area contributed by atoms with Crippen LogP contribution in [0.4, 0.5) is 5.69 Å². The first-order chi connectivity index (χ1) is 10.2. The number of nitriles is 1. The first kappa shape index (κ1) is 13.8. The van der Waals surface area contributed by atoms with Gasteiger partial charge in [-0.25, -0.2) is 0 Å². The second kappa shape index (κ2) is 5.68. The van der Waals surface area contributed by atoms with E-state index in [0.29, 0.717) is 11.3 Å². The average Bonchev–Trinajstić information content (AvgIpc) is 3.11. The van der Waals surface area contributed by atoms with Crippen molar-refractivity contribution in [1.82, 2.24) is 9.36 Å². The van der Waals surface area contributed by atoms with Crippen molar-refractivity contribution in [2.75, 3.05) is 11.8 Å². The summed E-state index contributed by atoms with van der Waals surface area (Å²) in [7, 11) is 1.60. The van der Waals surface area contributed by atoms with Crippen molar-refractivity contribution in [1.29, 1.82) is 5.26 Å². The van der Waals surface area contributed by atoms with E-state index in [2.05, 4.69) is 20.1 Å². The van der Waals surface area contributed by atoms with E-state index in [9.17, 15) is 5.26 Å². The standard InChI is InChI=1S/C14H12N4OS2/c1-8-5-12(20-17-8)21-18-10-3-4-11(19-2)13-9(6-15)7-16-14(10)13/h3-5,7,16,18H,1-2H3. The maximum Gasteiger partial charge on any atom is 0.129 e. The van der Waals surface area contributed by atoms with Crippen LogP contribution in [0.15, 0.2) is 28.6 Å². The molecule has 0 aliphatic carbocycles. The summed E-state index contributed by atoms with van der Waals surface area (Å²) in [6, 6.07) is 7.99. The van der Waals surface area contributed by atoms with Crippen molar-refractivity contribution in [2.45, 2.75) is 11.1 Å². The maximum atomic E-state index is 9.19. The number of aryl methyl sites for hydroxylation is 1. The highest BCUT2D eigenvalue weighted by Gasteiger charge is 2.13. The molecule has 0 aliphatic heterocycles. The molecular weight excluding hydrogens is 304 g/mol. The molecule has 0 saturated heterocycles. The van der Waals surface area contributed by atoms with Crippen LogP contribution in [0.5, 0.6) is 5.75 Å². The van der Waals surface area contributed by atoms with Gasteiger partial charge in [0.15, 0.2) is 0 Å². The number of hydrogen-bond donors (Lipinski definition) is 2. The fourth-order valence-electron chi connectivity index (χ4n) is 2.05. The van der Waals surface area contributed by atoms with Crippen LogP contribution in [0.1, 0.15) is 11.3 Å². The number of nitrogens with one attached hydrogen (secondary N) is 2. The fourth-order valence-corrected chi connectivity index (χ4v) is 3.56. The Hall–Kier alpha value is -2.17. The number of benzene rings is 1. The number of aromatic amines is 1. The molecule has 106 valence electrons. The van der Waals surface area contributed by atoms with Crippen molar-refractivity contribution in [3.63, 3.8) is 0 Å². The molecule has 0 atom stereocenters. The highest BCUT2D eigenvalue weighted by atomic mass is 32.2. The van der Waals surface area contributed by atoms with E-state index in [4.69, 9.17) is 4.74 Å². The minimum atomic E-state index is 0.573. The third-order valence-corrected chi connectivity index (χ3v) is 4.80. The predicted octanol–water partition coefficient (Wildman–Crippen LogP) is 3.93. The van der Waals surface area contributed by atoms with Gasteiger partial charge in [-0.3, -0.25) is 0 Å². The zero-order chi connectivity index (χ0) is 14.8. The molecule has 2 heterocycles. The number of methoxy groups -OCH3 is 1. The first-order valence-corrected chi connectivity index (χ1v) is 7.76. The highest BCUT2D eigenvalue weighted by molar-refractivity contribution is 8.02. The van der Waals surface area contributed by atoms with Gasteiger partial charge in [-0.1, -0.05) is 0 Å². The molecule has 0 amide bonds. The van der Waals surface area contributed by atoms with Gasteiger partial charge in [-0.05, 0) is 48.6 Å². The van der Waals surface area contributed by atoms with E-state index in [1.807, 2.05) is 25.1 Å². The summed E-state index contributed by atoms with van der Waals surface area (Å²) in [5.74, 6) is 0.687. The smallest absolute Gasteiger partial charge is 0.129 e. The average molecular weight is 316 g/mol. The molecule has 0 unspecified atom stereocenters. The number of rotatable bonds is 4. The number of ether oxygens (including phenoxy) is 1. The lowest BCUT2D eigenvalue weighted by Crippen LogP contribution is -1.90. The quantitative estimate of drug-likeness (QED) is 0.713. The molecule has 0 aliphatic rings. The summed E-state index contributed by atoms with van der Waals surface area (Å²) in [6.07, 6.45) is 1.69. The van der Waals surface area contributed by atoms with E-state index < -0.39 is 0 Å². The van der Waals surface area contributed by atoms with Crippen LogP contribution in [0, 0.1) is 18.3 Å². The summed E-state index contributed by atoms with van der Waals surface area (Å²) in [5, 5.41) is 9.99. The minimum absolute atomic E-state index is 0.573. The maximum absolute atomic E-state index is 9.19. The lowest BCUT2D eigenvalue weighted by Gasteiger charge is -2.08. The molecule has 2 N–H and O–H groups in total. The molecule has 0 fully saturated rings. The van der Waals surface area contributed by atoms with Crippen LogP contribution < -0.4 is 9.46 Å². The molecule has 7 heteroatoms. The van der Waals surface area contributed by atoms with Gasteiger partial charge in [-0.2, -0.15) is 9.64 Å². The molecule has 0 radical (unpaired) electrons. The summed E-state index contributed by atoms with van der Waals surface area (Å²) in [5.41, 5.74) is 3.35. The lowest BCUT2D eigenvalue weighted by molar-refractivity contribution is 0.420. The van der Waals surface area contributed by atoms with Gasteiger partial charge in [0.05, 0.1) is 35.0 Å². The number of aromatic nitrogens is 2. The summed E-state index contributed by atoms with van der Waals surface area (Å²) in [4.78, 5) is 3.13. The summed E-state index contributed by atoms with van der Waals surface area (Å²) in [6.45, 7) is 1.97. The van der Waals surface area contributed by atoms with Crippen molar-refractivity contribution in [3.8, 4) is 11.8 Å². The van der Waals surface area contributed by atoms with Gasteiger partial charge >= 0.3 is 0 Å². The van der Waals surface area contributed by atoms with Gasteiger partial charge in [0, 0.05) is 6.20 Å². The Kier molecular flexibility index (Phi) is 3.73. The van der Waals surface area contributed by atoms with E-state index in [1.165, 1.54) is 23.5 Å². The normalized spacial score (nSPS) is 10.5. The Morgan fingerprint density at radius 1 is 1.48 bits per heavy atom. The molecule has 5 nitrogen and oxygen atoms in total. The second-order valence-electron chi connectivity index (χ2n) is 4.37. The van der Waals surface area contributed by atoms with Gasteiger partial charge in [0.1, 0.15) is 16.0 Å². The summed E-state index contributed by atoms with van der Waals surface area (Å²) < 4.78 is 14.0. The van der Waals surface area contributed by atoms with E-state index in [1.54, 1.807) is 13.3 Å². The van der Waals surface area contributed by atoms with Crippen molar-refractivity contribution >= 4 is 40.1 Å². The van der Waals surface area contributed by atoms with E-state index in [0.717, 1.165) is 26.5 Å². The fraction of sp³-hybridized carbons (Fsp3) is 0.143. The Morgan fingerprint density at radius 2 is 2.33 bits per heavy atom. The van der Waals surface area contributed by atoms with Crippen LogP contribution in [0.25, 0.3) is 10.9 Å². The number of nitrogens with zero attached hydrogens (tertiary/aromatic N) is 2. The van der Waals surface area contributed by atoms with E-state index >= 15 is 0 Å². The molecule has 3 rings (SSSR count). The monoisotopic (exact) mass is 316 g/mol. The second-order valence-corrected chi connectivity index (χ2v) is 6.28. The van der Waals surface area contributed by atoms with Crippen molar-refractivity contribution in [3.05, 3.63) is 35.7 Å². The Balaban J connectivity index is 1.96. The van der Waals surface area contributed by atoms with Gasteiger partial charge in [0.2, 0.25) is 0 Å². The SMILES string of the molecule is COc1ccc(NSc2cc(C)ns2)c2[nH]cc(C#N)c12. The Labute approximate surface area is 130 Å². The van der Waals surface area contributed by atoms with Crippen LogP contribution >= 0.6 is 23.5 Å². The number of H-pyrrole nitrogens is 1. The topological polar surface area (TPSA) is 73.7 Å². The third-order valence-electron chi connectivity index (χ3n) is 3.01. The third kappa shape index (κ3) is 2.55. The Morgan fingerprint density at radius 3 is 3.00 bits per heavy atom. The number of hydrogen-bond acceptors (Lipinski definition) is 6. The highest BCUT2D eigenvalue weighted by Crippen LogP contribution is 2.35. The predicted molar refractivity (Wildman–Crippen MR) is 85.9 cm³/mol. The van der Waals surface area contributed by atoms with Crippen LogP contribution in [0.3, 0.4) is 0 Å². The van der Waals surface area contributed by atoms with Gasteiger partial charge < -0.3 is 14.4 Å². The molecule has 2 aromatic heterocycles. The minimum Gasteiger partial charge on any atom is -0.496 e. The molecule has 0 spiro atoms. The van der Waals surface area contributed by atoms with Crippen LogP contribution in [-0.4, -0.2) is 16.5 Å². The molecule has 21 heavy (non-hydrogen) atoms. The molecule has 0 bridgehead atoms. The zero-order valence-corrected chi connectivity index (χ0v) is 13.1. The molecule has 1 aromatic carbocycles.